The van der Waals surface area contributed by atoms with E-state index in [0.29, 0.717) is 17.7 Å². The van der Waals surface area contributed by atoms with Crippen LogP contribution in [-0.2, 0) is 6.42 Å². The Hall–Kier alpha value is -1.61. The molecular weight excluding hydrogens is 244 g/mol. The lowest BCUT2D eigenvalue weighted by Gasteiger charge is -2.11. The van der Waals surface area contributed by atoms with Crippen LogP contribution >= 0.6 is 11.3 Å². The van der Waals surface area contributed by atoms with E-state index in [0.717, 1.165) is 16.7 Å². The highest BCUT2D eigenvalue weighted by molar-refractivity contribution is 7.08. The second kappa shape index (κ2) is 5.36. The van der Waals surface area contributed by atoms with Crippen LogP contribution in [0, 0.1) is 13.8 Å². The van der Waals surface area contributed by atoms with E-state index in [-0.39, 0.29) is 5.78 Å². The van der Waals surface area contributed by atoms with Crippen molar-refractivity contribution in [2.24, 2.45) is 0 Å². The average Bonchev–Trinajstić information content (AvgIpc) is 2.80. The second-order valence-corrected chi connectivity index (χ2v) is 5.17. The Morgan fingerprint density at radius 3 is 2.72 bits per heavy atom. The van der Waals surface area contributed by atoms with Crippen molar-refractivity contribution in [3.63, 3.8) is 0 Å². The number of hydrogen-bond donors (Lipinski definition) is 0. The molecule has 0 aliphatic rings. The summed E-state index contributed by atoms with van der Waals surface area (Å²) in [6, 6.07) is 5.91. The van der Waals surface area contributed by atoms with Gasteiger partial charge in [-0.25, -0.2) is 0 Å². The van der Waals surface area contributed by atoms with E-state index in [9.17, 15) is 4.79 Å². The van der Waals surface area contributed by atoms with Gasteiger partial charge in [0.15, 0.2) is 5.78 Å². The fraction of sp³-hybridized carbons (Fsp3) is 0.267. The number of benzene rings is 1. The Balaban J connectivity index is 2.35. The fourth-order valence-electron chi connectivity index (χ4n) is 2.11. The molecule has 1 aromatic heterocycles. The van der Waals surface area contributed by atoms with Gasteiger partial charge in [-0.05, 0) is 53.4 Å². The maximum atomic E-state index is 12.3. The van der Waals surface area contributed by atoms with Crippen LogP contribution in [0.5, 0.6) is 5.75 Å². The summed E-state index contributed by atoms with van der Waals surface area (Å²) in [6.45, 7) is 3.96. The van der Waals surface area contributed by atoms with Crippen LogP contribution in [0.1, 0.15) is 27.0 Å². The number of carbonyl (C=O) groups is 1. The Bertz CT molecular complexity index is 556. The zero-order valence-corrected chi connectivity index (χ0v) is 11.6. The van der Waals surface area contributed by atoms with Gasteiger partial charge in [0.2, 0.25) is 0 Å². The van der Waals surface area contributed by atoms with Gasteiger partial charge in [-0.2, -0.15) is 11.3 Å². The summed E-state index contributed by atoms with van der Waals surface area (Å²) in [6.07, 6.45) is 0.434. The van der Waals surface area contributed by atoms with Gasteiger partial charge in [0.25, 0.3) is 0 Å². The minimum atomic E-state index is 0.114. The molecule has 0 radical (unpaired) electrons. The Labute approximate surface area is 111 Å². The normalized spacial score (nSPS) is 10.4. The quantitative estimate of drug-likeness (QED) is 0.782. The van der Waals surface area contributed by atoms with Crippen molar-refractivity contribution < 1.29 is 9.53 Å². The largest absolute Gasteiger partial charge is 0.496 e. The molecule has 1 heterocycles. The monoisotopic (exact) mass is 260 g/mol. The number of rotatable bonds is 4. The summed E-state index contributed by atoms with van der Waals surface area (Å²) in [4.78, 5) is 12.3. The number of hydrogen-bond acceptors (Lipinski definition) is 3. The van der Waals surface area contributed by atoms with Gasteiger partial charge in [-0.1, -0.05) is 6.07 Å². The fourth-order valence-corrected chi connectivity index (χ4v) is 2.78. The SMILES string of the molecule is COc1cc(C)cc(C)c1C(=O)Cc1ccsc1. The van der Waals surface area contributed by atoms with Gasteiger partial charge in [0.1, 0.15) is 5.75 Å². The standard InChI is InChI=1S/C15H16O2S/c1-10-6-11(2)15(14(7-10)17-3)13(16)8-12-4-5-18-9-12/h4-7,9H,8H2,1-3H3. The van der Waals surface area contributed by atoms with Crippen molar-refractivity contribution in [2.45, 2.75) is 20.3 Å². The molecule has 18 heavy (non-hydrogen) atoms. The van der Waals surface area contributed by atoms with Gasteiger partial charge in [-0.3, -0.25) is 4.79 Å². The third kappa shape index (κ3) is 2.62. The molecule has 0 N–H and O–H groups in total. The van der Waals surface area contributed by atoms with Crippen molar-refractivity contribution in [1.29, 1.82) is 0 Å². The minimum Gasteiger partial charge on any atom is -0.496 e. The smallest absolute Gasteiger partial charge is 0.171 e. The summed E-state index contributed by atoms with van der Waals surface area (Å²) in [5.41, 5.74) is 3.85. The van der Waals surface area contributed by atoms with Crippen LogP contribution in [0.25, 0.3) is 0 Å². The van der Waals surface area contributed by atoms with E-state index in [1.54, 1.807) is 18.4 Å². The molecule has 2 aromatic rings. The molecule has 94 valence electrons. The maximum absolute atomic E-state index is 12.3. The molecule has 0 unspecified atom stereocenters. The molecule has 0 bridgehead atoms. The predicted octanol–water partition coefficient (Wildman–Crippen LogP) is 3.80. The lowest BCUT2D eigenvalue weighted by molar-refractivity contribution is 0.0989. The summed E-state index contributed by atoms with van der Waals surface area (Å²) >= 11 is 1.61. The topological polar surface area (TPSA) is 26.3 Å². The van der Waals surface area contributed by atoms with Gasteiger partial charge < -0.3 is 4.74 Å². The Morgan fingerprint density at radius 1 is 1.33 bits per heavy atom. The molecule has 0 fully saturated rings. The number of aryl methyl sites for hydroxylation is 2. The number of ketones is 1. The van der Waals surface area contributed by atoms with Crippen LogP contribution in [0.2, 0.25) is 0 Å². The lowest BCUT2D eigenvalue weighted by atomic mass is 9.97. The lowest BCUT2D eigenvalue weighted by Crippen LogP contribution is -2.08. The van der Waals surface area contributed by atoms with Gasteiger partial charge in [0, 0.05) is 6.42 Å². The molecule has 0 aliphatic heterocycles. The van der Waals surface area contributed by atoms with Crippen molar-refractivity contribution in [2.75, 3.05) is 7.11 Å². The first-order valence-electron chi connectivity index (χ1n) is 5.81. The number of methoxy groups -OCH3 is 1. The molecular formula is C15H16O2S. The molecule has 0 spiro atoms. The zero-order chi connectivity index (χ0) is 13.1. The Morgan fingerprint density at radius 2 is 2.11 bits per heavy atom. The first-order chi connectivity index (χ1) is 8.61. The van der Waals surface area contributed by atoms with E-state index in [4.69, 9.17) is 4.74 Å². The molecule has 0 amide bonds. The maximum Gasteiger partial charge on any atom is 0.171 e. The Kier molecular flexibility index (Phi) is 3.82. The summed E-state index contributed by atoms with van der Waals surface area (Å²) < 4.78 is 5.33. The van der Waals surface area contributed by atoms with Crippen molar-refractivity contribution >= 4 is 17.1 Å². The summed E-state index contributed by atoms with van der Waals surface area (Å²) in [7, 11) is 1.61. The number of Topliss-reactive ketones (excluding diaryl/α,β-unsaturated/α-hetero) is 1. The van der Waals surface area contributed by atoms with Crippen LogP contribution in [0.3, 0.4) is 0 Å². The van der Waals surface area contributed by atoms with Crippen molar-refractivity contribution in [3.05, 3.63) is 51.2 Å². The van der Waals surface area contributed by atoms with E-state index < -0.39 is 0 Å². The molecule has 0 saturated heterocycles. The highest BCUT2D eigenvalue weighted by atomic mass is 32.1. The molecule has 3 heteroatoms. The molecule has 1 aromatic carbocycles. The first-order valence-corrected chi connectivity index (χ1v) is 6.75. The highest BCUT2D eigenvalue weighted by Crippen LogP contribution is 2.26. The summed E-state index contributed by atoms with van der Waals surface area (Å²) in [5, 5.41) is 4.00. The molecule has 0 saturated carbocycles. The van der Waals surface area contributed by atoms with Crippen LogP contribution in [0.4, 0.5) is 0 Å². The third-order valence-electron chi connectivity index (χ3n) is 2.89. The van der Waals surface area contributed by atoms with E-state index >= 15 is 0 Å². The first kappa shape index (κ1) is 12.8. The summed E-state index contributed by atoms with van der Waals surface area (Å²) in [5.74, 6) is 0.787. The van der Waals surface area contributed by atoms with E-state index in [1.165, 1.54) is 0 Å². The molecule has 0 atom stereocenters. The van der Waals surface area contributed by atoms with Crippen LogP contribution in [0.15, 0.2) is 29.0 Å². The zero-order valence-electron chi connectivity index (χ0n) is 10.8. The molecule has 2 rings (SSSR count). The molecule has 2 nitrogen and oxygen atoms in total. The highest BCUT2D eigenvalue weighted by Gasteiger charge is 2.16. The predicted molar refractivity (Wildman–Crippen MR) is 74.8 cm³/mol. The van der Waals surface area contributed by atoms with Crippen molar-refractivity contribution in [1.82, 2.24) is 0 Å². The second-order valence-electron chi connectivity index (χ2n) is 4.39. The third-order valence-corrected chi connectivity index (χ3v) is 3.62. The number of ether oxygens (including phenoxy) is 1. The number of carbonyl (C=O) groups excluding carboxylic acids is 1. The molecule has 0 aliphatic carbocycles. The minimum absolute atomic E-state index is 0.114. The van der Waals surface area contributed by atoms with Gasteiger partial charge in [-0.15, -0.1) is 0 Å². The number of thiophene rings is 1. The van der Waals surface area contributed by atoms with Gasteiger partial charge in [0.05, 0.1) is 12.7 Å². The average molecular weight is 260 g/mol. The van der Waals surface area contributed by atoms with Gasteiger partial charge >= 0.3 is 0 Å². The van der Waals surface area contributed by atoms with Crippen LogP contribution in [-0.4, -0.2) is 12.9 Å². The van der Waals surface area contributed by atoms with E-state index in [1.807, 2.05) is 42.8 Å². The van der Waals surface area contributed by atoms with Crippen LogP contribution < -0.4 is 4.74 Å². The van der Waals surface area contributed by atoms with E-state index in [2.05, 4.69) is 0 Å². The van der Waals surface area contributed by atoms with Crippen molar-refractivity contribution in [3.8, 4) is 5.75 Å².